The van der Waals surface area contributed by atoms with Crippen LogP contribution in [0.5, 0.6) is 0 Å². The van der Waals surface area contributed by atoms with Gasteiger partial charge in [-0.3, -0.25) is 9.59 Å². The van der Waals surface area contributed by atoms with E-state index in [2.05, 4.69) is 10.6 Å². The van der Waals surface area contributed by atoms with E-state index in [4.69, 9.17) is 5.73 Å². The number of amides is 2. The van der Waals surface area contributed by atoms with Crippen LogP contribution in [0.4, 0.5) is 5.69 Å². The first kappa shape index (κ1) is 16.2. The Labute approximate surface area is 141 Å². The van der Waals surface area contributed by atoms with Gasteiger partial charge in [0, 0.05) is 17.8 Å². The molecule has 0 atom stereocenters. The van der Waals surface area contributed by atoms with Gasteiger partial charge in [-0.15, -0.1) is 0 Å². The molecule has 0 bridgehead atoms. The molecule has 2 aromatic carbocycles. The van der Waals surface area contributed by atoms with Gasteiger partial charge in [0.05, 0.1) is 5.54 Å². The van der Waals surface area contributed by atoms with Crippen LogP contribution in [-0.4, -0.2) is 17.4 Å². The molecular formula is C19H21N3O2. The van der Waals surface area contributed by atoms with E-state index in [1.807, 2.05) is 43.3 Å². The number of aryl methyl sites for hydroxylation is 1. The molecule has 124 valence electrons. The van der Waals surface area contributed by atoms with Gasteiger partial charge in [0.2, 0.25) is 5.91 Å². The van der Waals surface area contributed by atoms with Crippen molar-refractivity contribution >= 4 is 17.5 Å². The van der Waals surface area contributed by atoms with Crippen molar-refractivity contribution in [3.63, 3.8) is 0 Å². The van der Waals surface area contributed by atoms with Crippen LogP contribution < -0.4 is 16.4 Å². The van der Waals surface area contributed by atoms with Crippen molar-refractivity contribution in [1.29, 1.82) is 0 Å². The van der Waals surface area contributed by atoms with E-state index in [0.29, 0.717) is 17.8 Å². The third kappa shape index (κ3) is 3.81. The first-order valence-corrected chi connectivity index (χ1v) is 8.00. The van der Waals surface area contributed by atoms with E-state index in [9.17, 15) is 9.59 Å². The molecule has 0 radical (unpaired) electrons. The van der Waals surface area contributed by atoms with Gasteiger partial charge in [0.15, 0.2) is 0 Å². The fraction of sp³-hybridized carbons (Fsp3) is 0.263. The van der Waals surface area contributed by atoms with Gasteiger partial charge in [-0.2, -0.15) is 0 Å². The molecule has 5 heteroatoms. The molecule has 2 amide bonds. The largest absolute Gasteiger partial charge is 0.350 e. The number of hydrogen-bond acceptors (Lipinski definition) is 3. The lowest BCUT2D eigenvalue weighted by Gasteiger charge is -2.11. The second-order valence-electron chi connectivity index (χ2n) is 6.36. The molecular weight excluding hydrogens is 302 g/mol. The van der Waals surface area contributed by atoms with Crippen molar-refractivity contribution < 1.29 is 9.59 Å². The molecule has 0 heterocycles. The Bertz CT molecular complexity index is 764. The Hall–Kier alpha value is -2.66. The van der Waals surface area contributed by atoms with E-state index < -0.39 is 5.54 Å². The highest BCUT2D eigenvalue weighted by molar-refractivity contribution is 6.04. The Balaban J connectivity index is 1.61. The van der Waals surface area contributed by atoms with Crippen molar-refractivity contribution in [3.05, 3.63) is 65.2 Å². The molecule has 1 saturated carbocycles. The van der Waals surface area contributed by atoms with Crippen LogP contribution in [0.3, 0.4) is 0 Å². The second-order valence-corrected chi connectivity index (χ2v) is 6.36. The molecule has 5 nitrogen and oxygen atoms in total. The van der Waals surface area contributed by atoms with Crippen molar-refractivity contribution in [3.8, 4) is 0 Å². The zero-order valence-corrected chi connectivity index (χ0v) is 13.6. The molecule has 3 rings (SSSR count). The average Bonchev–Trinajstić information content (AvgIpc) is 3.32. The van der Waals surface area contributed by atoms with E-state index in [-0.39, 0.29) is 11.8 Å². The van der Waals surface area contributed by atoms with E-state index in [1.165, 1.54) is 0 Å². The Morgan fingerprint density at radius 1 is 1.12 bits per heavy atom. The number of carbonyl (C=O) groups is 2. The number of carbonyl (C=O) groups excluding carboxylic acids is 2. The van der Waals surface area contributed by atoms with Crippen molar-refractivity contribution in [2.24, 2.45) is 5.73 Å². The first-order chi connectivity index (χ1) is 11.5. The predicted octanol–water partition coefficient (Wildman–Crippen LogP) is 2.35. The maximum absolute atomic E-state index is 12.2. The quantitative estimate of drug-likeness (QED) is 0.790. The number of rotatable bonds is 5. The summed E-state index contributed by atoms with van der Waals surface area (Å²) in [7, 11) is 0. The van der Waals surface area contributed by atoms with Gasteiger partial charge < -0.3 is 16.4 Å². The monoisotopic (exact) mass is 323 g/mol. The number of nitrogens with two attached hydrogens (primary N) is 1. The summed E-state index contributed by atoms with van der Waals surface area (Å²) in [6.45, 7) is 2.37. The van der Waals surface area contributed by atoms with Gasteiger partial charge in [-0.05, 0) is 49.6 Å². The smallest absolute Gasteiger partial charge is 0.255 e. The molecule has 2 aromatic rings. The fourth-order valence-corrected chi connectivity index (χ4v) is 2.39. The molecule has 0 saturated heterocycles. The van der Waals surface area contributed by atoms with Crippen molar-refractivity contribution in [1.82, 2.24) is 5.32 Å². The number of hydrogen-bond donors (Lipinski definition) is 3. The van der Waals surface area contributed by atoms with Gasteiger partial charge in [0.25, 0.3) is 5.91 Å². The predicted molar refractivity (Wildman–Crippen MR) is 93.6 cm³/mol. The highest BCUT2D eigenvalue weighted by Gasteiger charge is 2.45. The van der Waals surface area contributed by atoms with E-state index in [0.717, 1.165) is 24.0 Å². The zero-order valence-electron chi connectivity index (χ0n) is 13.6. The molecule has 1 fully saturated rings. The Kier molecular flexibility index (Phi) is 4.36. The van der Waals surface area contributed by atoms with Crippen LogP contribution in [0, 0.1) is 6.92 Å². The molecule has 1 aliphatic carbocycles. The van der Waals surface area contributed by atoms with Crippen LogP contribution in [-0.2, 0) is 11.3 Å². The average molecular weight is 323 g/mol. The Morgan fingerprint density at radius 3 is 2.50 bits per heavy atom. The number of benzene rings is 2. The van der Waals surface area contributed by atoms with Gasteiger partial charge in [-0.1, -0.05) is 29.8 Å². The lowest BCUT2D eigenvalue weighted by Crippen LogP contribution is -2.42. The topological polar surface area (TPSA) is 84.2 Å². The van der Waals surface area contributed by atoms with Gasteiger partial charge in [0.1, 0.15) is 0 Å². The third-order valence-corrected chi connectivity index (χ3v) is 4.19. The summed E-state index contributed by atoms with van der Waals surface area (Å²) in [5, 5.41) is 5.72. The van der Waals surface area contributed by atoms with Crippen LogP contribution in [0.15, 0.2) is 48.5 Å². The van der Waals surface area contributed by atoms with Crippen molar-refractivity contribution in [2.75, 3.05) is 5.32 Å². The minimum Gasteiger partial charge on any atom is -0.350 e. The van der Waals surface area contributed by atoms with Crippen LogP contribution >= 0.6 is 0 Å². The van der Waals surface area contributed by atoms with Crippen LogP contribution in [0.2, 0.25) is 0 Å². The van der Waals surface area contributed by atoms with Gasteiger partial charge >= 0.3 is 0 Å². The first-order valence-electron chi connectivity index (χ1n) is 8.00. The maximum atomic E-state index is 12.2. The normalized spacial score (nSPS) is 14.8. The summed E-state index contributed by atoms with van der Waals surface area (Å²) >= 11 is 0. The molecule has 24 heavy (non-hydrogen) atoms. The summed E-state index contributed by atoms with van der Waals surface area (Å²) in [4.78, 5) is 24.1. The lowest BCUT2D eigenvalue weighted by atomic mass is 10.1. The summed E-state index contributed by atoms with van der Waals surface area (Å²) in [5.74, 6) is -0.272. The molecule has 0 aliphatic heterocycles. The van der Waals surface area contributed by atoms with Crippen LogP contribution in [0.1, 0.15) is 34.3 Å². The van der Waals surface area contributed by atoms with E-state index in [1.54, 1.807) is 12.1 Å². The van der Waals surface area contributed by atoms with E-state index >= 15 is 0 Å². The van der Waals surface area contributed by atoms with Crippen LogP contribution in [0.25, 0.3) is 0 Å². The summed E-state index contributed by atoms with van der Waals surface area (Å²) in [5.41, 5.74) is 8.51. The lowest BCUT2D eigenvalue weighted by molar-refractivity contribution is -0.123. The molecule has 0 aromatic heterocycles. The third-order valence-electron chi connectivity index (χ3n) is 4.19. The van der Waals surface area contributed by atoms with Gasteiger partial charge in [-0.25, -0.2) is 0 Å². The molecule has 4 N–H and O–H groups in total. The summed E-state index contributed by atoms with van der Waals surface area (Å²) < 4.78 is 0. The molecule has 0 unspecified atom stereocenters. The highest BCUT2D eigenvalue weighted by atomic mass is 16.2. The SMILES string of the molecule is Cc1ccc(C(=O)Nc2cccc(CNC(=O)C3(N)CC3)c2)cc1. The minimum absolute atomic E-state index is 0.114. The second kappa shape index (κ2) is 6.45. The zero-order chi connectivity index (χ0) is 17.2. The summed E-state index contributed by atoms with van der Waals surface area (Å²) in [6.07, 6.45) is 1.48. The number of anilines is 1. The van der Waals surface area contributed by atoms with Crippen molar-refractivity contribution in [2.45, 2.75) is 31.8 Å². The molecule has 1 aliphatic rings. The standard InChI is InChI=1S/C19H21N3O2/c1-13-5-7-15(8-6-13)17(23)22-16-4-2-3-14(11-16)12-21-18(24)19(20)9-10-19/h2-8,11H,9-10,12,20H2,1H3,(H,21,24)(H,22,23). The minimum atomic E-state index is -0.669. The Morgan fingerprint density at radius 2 is 1.83 bits per heavy atom. The number of nitrogens with one attached hydrogen (secondary N) is 2. The highest BCUT2D eigenvalue weighted by Crippen LogP contribution is 2.32. The fourth-order valence-electron chi connectivity index (χ4n) is 2.39. The summed E-state index contributed by atoms with van der Waals surface area (Å²) in [6, 6.07) is 14.8. The maximum Gasteiger partial charge on any atom is 0.255 e. The molecule has 0 spiro atoms.